The van der Waals surface area contributed by atoms with Crippen molar-refractivity contribution < 1.29 is 9.47 Å². The monoisotopic (exact) mass is 279 g/mol. The molecule has 0 saturated heterocycles. The van der Waals surface area contributed by atoms with Gasteiger partial charge >= 0.3 is 0 Å². The highest BCUT2D eigenvalue weighted by Gasteiger charge is 2.10. The van der Waals surface area contributed by atoms with E-state index in [4.69, 9.17) is 9.47 Å². The number of rotatable bonds is 9. The average molecular weight is 279 g/mol. The Hall–Kier alpha value is -1.22. The molecule has 1 rings (SSSR count). The maximum Gasteiger partial charge on any atom is 0.161 e. The SMILES string of the molecule is CCOc1cc(CN[C@@H](C)CC)ccc1O[C@H](C)CC. The number of benzene rings is 1. The Morgan fingerprint density at radius 1 is 1.05 bits per heavy atom. The molecule has 2 atom stereocenters. The fourth-order valence-corrected chi connectivity index (χ4v) is 1.76. The van der Waals surface area contributed by atoms with Crippen LogP contribution >= 0.6 is 0 Å². The van der Waals surface area contributed by atoms with Crippen molar-refractivity contribution in [2.75, 3.05) is 6.61 Å². The van der Waals surface area contributed by atoms with Crippen LogP contribution in [0.4, 0.5) is 0 Å². The summed E-state index contributed by atoms with van der Waals surface area (Å²) in [6.07, 6.45) is 2.33. The molecule has 0 amide bonds. The molecule has 0 unspecified atom stereocenters. The molecule has 0 fully saturated rings. The predicted molar refractivity (Wildman–Crippen MR) is 84.6 cm³/mol. The van der Waals surface area contributed by atoms with E-state index in [-0.39, 0.29) is 6.10 Å². The highest BCUT2D eigenvalue weighted by molar-refractivity contribution is 5.43. The quantitative estimate of drug-likeness (QED) is 0.736. The van der Waals surface area contributed by atoms with Crippen LogP contribution in [0.5, 0.6) is 11.5 Å². The van der Waals surface area contributed by atoms with Crippen LogP contribution < -0.4 is 14.8 Å². The van der Waals surface area contributed by atoms with E-state index in [0.29, 0.717) is 12.6 Å². The molecule has 0 radical (unpaired) electrons. The maximum atomic E-state index is 5.90. The van der Waals surface area contributed by atoms with Crippen molar-refractivity contribution in [3.8, 4) is 11.5 Å². The molecule has 20 heavy (non-hydrogen) atoms. The van der Waals surface area contributed by atoms with Gasteiger partial charge in [-0.15, -0.1) is 0 Å². The van der Waals surface area contributed by atoms with Gasteiger partial charge in [0.05, 0.1) is 12.7 Å². The predicted octanol–water partition coefficient (Wildman–Crippen LogP) is 4.15. The van der Waals surface area contributed by atoms with Gasteiger partial charge in [-0.25, -0.2) is 0 Å². The third kappa shape index (κ3) is 5.41. The molecule has 1 aromatic carbocycles. The summed E-state index contributed by atoms with van der Waals surface area (Å²) in [6, 6.07) is 6.73. The molecule has 1 aromatic rings. The molecular formula is C17H29NO2. The zero-order valence-electron chi connectivity index (χ0n) is 13.5. The van der Waals surface area contributed by atoms with Gasteiger partial charge in [-0.2, -0.15) is 0 Å². The molecule has 0 heterocycles. The van der Waals surface area contributed by atoms with Crippen LogP contribution in [0, 0.1) is 0 Å². The molecule has 0 saturated carbocycles. The van der Waals surface area contributed by atoms with Gasteiger partial charge in [0, 0.05) is 12.6 Å². The first-order valence-corrected chi connectivity index (χ1v) is 7.76. The van der Waals surface area contributed by atoms with Gasteiger partial charge in [0.2, 0.25) is 0 Å². The van der Waals surface area contributed by atoms with Gasteiger partial charge in [-0.1, -0.05) is 19.9 Å². The van der Waals surface area contributed by atoms with Gasteiger partial charge in [0.15, 0.2) is 11.5 Å². The third-order valence-electron chi connectivity index (χ3n) is 3.48. The first-order chi connectivity index (χ1) is 9.60. The zero-order chi connectivity index (χ0) is 15.0. The van der Waals surface area contributed by atoms with E-state index < -0.39 is 0 Å². The Bertz CT molecular complexity index is 393. The van der Waals surface area contributed by atoms with Crippen molar-refractivity contribution in [1.82, 2.24) is 5.32 Å². The summed E-state index contributed by atoms with van der Waals surface area (Å²) in [7, 11) is 0. The lowest BCUT2D eigenvalue weighted by Crippen LogP contribution is -2.24. The fraction of sp³-hybridized carbons (Fsp3) is 0.647. The zero-order valence-corrected chi connectivity index (χ0v) is 13.5. The van der Waals surface area contributed by atoms with Crippen molar-refractivity contribution in [1.29, 1.82) is 0 Å². The molecule has 0 aliphatic heterocycles. The summed E-state index contributed by atoms with van der Waals surface area (Å²) in [4.78, 5) is 0. The topological polar surface area (TPSA) is 30.5 Å². The van der Waals surface area contributed by atoms with Crippen molar-refractivity contribution in [3.05, 3.63) is 23.8 Å². The van der Waals surface area contributed by atoms with E-state index in [1.54, 1.807) is 0 Å². The Morgan fingerprint density at radius 2 is 1.80 bits per heavy atom. The minimum absolute atomic E-state index is 0.207. The first-order valence-electron chi connectivity index (χ1n) is 7.76. The second-order valence-corrected chi connectivity index (χ2v) is 5.24. The molecule has 1 N–H and O–H groups in total. The van der Waals surface area contributed by atoms with Gasteiger partial charge in [0.25, 0.3) is 0 Å². The Morgan fingerprint density at radius 3 is 2.40 bits per heavy atom. The van der Waals surface area contributed by atoms with Crippen molar-refractivity contribution in [2.24, 2.45) is 0 Å². The second kappa shape index (κ2) is 8.85. The van der Waals surface area contributed by atoms with Crippen LogP contribution in [0.25, 0.3) is 0 Å². The largest absolute Gasteiger partial charge is 0.490 e. The molecular weight excluding hydrogens is 250 g/mol. The summed E-state index contributed by atoms with van der Waals surface area (Å²) in [5.74, 6) is 1.68. The lowest BCUT2D eigenvalue weighted by atomic mass is 10.1. The van der Waals surface area contributed by atoms with Crippen molar-refractivity contribution >= 4 is 0 Å². The highest BCUT2D eigenvalue weighted by atomic mass is 16.5. The van der Waals surface area contributed by atoms with E-state index in [9.17, 15) is 0 Å². The summed E-state index contributed by atoms with van der Waals surface area (Å²) in [5.41, 5.74) is 1.23. The molecule has 0 aliphatic carbocycles. The maximum absolute atomic E-state index is 5.90. The number of nitrogens with one attached hydrogen (secondary N) is 1. The summed E-state index contributed by atoms with van der Waals surface area (Å²) in [6.45, 7) is 12.1. The van der Waals surface area contributed by atoms with Gasteiger partial charge in [0.1, 0.15) is 0 Å². The Balaban J connectivity index is 2.77. The van der Waals surface area contributed by atoms with E-state index in [1.807, 2.05) is 13.0 Å². The lowest BCUT2D eigenvalue weighted by Gasteiger charge is -2.18. The minimum atomic E-state index is 0.207. The van der Waals surface area contributed by atoms with E-state index >= 15 is 0 Å². The Labute approximate surface area is 123 Å². The molecule has 0 spiro atoms. The summed E-state index contributed by atoms with van der Waals surface area (Å²) in [5, 5.41) is 3.49. The lowest BCUT2D eigenvalue weighted by molar-refractivity contribution is 0.203. The van der Waals surface area contributed by atoms with Crippen molar-refractivity contribution in [3.63, 3.8) is 0 Å². The van der Waals surface area contributed by atoms with E-state index in [0.717, 1.165) is 30.9 Å². The number of ether oxygens (including phenoxy) is 2. The van der Waals surface area contributed by atoms with Crippen LogP contribution in [0.3, 0.4) is 0 Å². The average Bonchev–Trinajstić information content (AvgIpc) is 2.47. The molecule has 0 aromatic heterocycles. The van der Waals surface area contributed by atoms with Crippen LogP contribution in [-0.2, 0) is 6.54 Å². The standard InChI is InChI=1S/C17H29NO2/c1-6-13(4)18-12-15-9-10-16(20-14(5)7-2)17(11-15)19-8-3/h9-11,13-14,18H,6-8,12H2,1-5H3/t13-,14+/m0/s1. The van der Waals surface area contributed by atoms with Crippen LogP contribution in [0.1, 0.15) is 53.0 Å². The number of hydrogen-bond acceptors (Lipinski definition) is 3. The molecule has 0 aliphatic rings. The summed E-state index contributed by atoms with van der Waals surface area (Å²) < 4.78 is 11.6. The molecule has 114 valence electrons. The van der Waals surface area contributed by atoms with E-state index in [2.05, 4.69) is 45.1 Å². The minimum Gasteiger partial charge on any atom is -0.490 e. The first kappa shape index (κ1) is 16.8. The van der Waals surface area contributed by atoms with Gasteiger partial charge < -0.3 is 14.8 Å². The van der Waals surface area contributed by atoms with Crippen LogP contribution in [0.2, 0.25) is 0 Å². The molecule has 3 heteroatoms. The van der Waals surface area contributed by atoms with Gasteiger partial charge in [-0.05, 0) is 51.3 Å². The normalized spacial score (nSPS) is 13.8. The van der Waals surface area contributed by atoms with Crippen molar-refractivity contribution in [2.45, 2.75) is 66.2 Å². The van der Waals surface area contributed by atoms with Crippen LogP contribution in [-0.4, -0.2) is 18.8 Å². The fourth-order valence-electron chi connectivity index (χ4n) is 1.76. The molecule has 3 nitrogen and oxygen atoms in total. The molecule has 0 bridgehead atoms. The van der Waals surface area contributed by atoms with E-state index in [1.165, 1.54) is 5.56 Å². The number of hydrogen-bond donors (Lipinski definition) is 1. The smallest absolute Gasteiger partial charge is 0.161 e. The summed E-state index contributed by atoms with van der Waals surface area (Å²) >= 11 is 0. The Kier molecular flexibility index (Phi) is 7.45. The van der Waals surface area contributed by atoms with Gasteiger partial charge in [-0.3, -0.25) is 0 Å². The van der Waals surface area contributed by atoms with Crippen LogP contribution in [0.15, 0.2) is 18.2 Å². The third-order valence-corrected chi connectivity index (χ3v) is 3.48. The second-order valence-electron chi connectivity index (χ2n) is 5.24. The highest BCUT2D eigenvalue weighted by Crippen LogP contribution is 2.29.